The van der Waals surface area contributed by atoms with E-state index >= 15 is 0 Å². The normalized spacial score (nSPS) is 23.9. The second kappa shape index (κ2) is 8.54. The fourth-order valence-corrected chi connectivity index (χ4v) is 3.62. The second-order valence-corrected chi connectivity index (χ2v) is 6.99. The zero-order valence-electron chi connectivity index (χ0n) is 12.9. The molecule has 0 radical (unpaired) electrons. The molecule has 1 aromatic rings. The predicted octanol–water partition coefficient (Wildman–Crippen LogP) is 3.57. The molecule has 2 aliphatic rings. The molecule has 23 heavy (non-hydrogen) atoms. The highest BCUT2D eigenvalue weighted by Gasteiger charge is 2.29. The Morgan fingerprint density at radius 3 is 2.87 bits per heavy atom. The van der Waals surface area contributed by atoms with Crippen LogP contribution in [0, 0.1) is 0 Å². The highest BCUT2D eigenvalue weighted by molar-refractivity contribution is 6.35. The van der Waals surface area contributed by atoms with Gasteiger partial charge in [-0.1, -0.05) is 23.2 Å². The first-order chi connectivity index (χ1) is 10.6. The zero-order valence-corrected chi connectivity index (χ0v) is 15.2. The summed E-state index contributed by atoms with van der Waals surface area (Å²) in [7, 11) is 0. The summed E-state index contributed by atoms with van der Waals surface area (Å²) in [5.41, 5.74) is 0.579. The van der Waals surface area contributed by atoms with Gasteiger partial charge in [-0.15, -0.1) is 12.4 Å². The molecule has 0 aromatic heterocycles. The molecule has 0 spiro atoms. The molecule has 7 heteroatoms. The summed E-state index contributed by atoms with van der Waals surface area (Å²) in [4.78, 5) is 14.5. The first-order valence-electron chi connectivity index (χ1n) is 7.83. The molecule has 2 heterocycles. The molecule has 128 valence electrons. The SMILES string of the molecule is Cl.O=C(CCN1CCC2CCC(C1)N2)Nc1cc(Cl)ccc1Cl. The molecular weight excluding hydrogens is 357 g/mol. The average Bonchev–Trinajstić information content (AvgIpc) is 2.81. The number of fused-ring (bicyclic) bond motifs is 2. The highest BCUT2D eigenvalue weighted by atomic mass is 35.5. The molecule has 2 atom stereocenters. The van der Waals surface area contributed by atoms with Gasteiger partial charge in [0.2, 0.25) is 5.91 Å². The number of carbonyl (C=O) groups excluding carboxylic acids is 1. The number of anilines is 1. The van der Waals surface area contributed by atoms with Crippen molar-refractivity contribution in [2.75, 3.05) is 25.0 Å². The number of likely N-dealkylation sites (tertiary alicyclic amines) is 1. The molecule has 2 fully saturated rings. The van der Waals surface area contributed by atoms with Crippen LogP contribution in [-0.2, 0) is 4.79 Å². The monoisotopic (exact) mass is 377 g/mol. The Balaban J connectivity index is 0.00000192. The molecule has 2 N–H and O–H groups in total. The minimum atomic E-state index is -0.0217. The van der Waals surface area contributed by atoms with E-state index in [2.05, 4.69) is 15.5 Å². The summed E-state index contributed by atoms with van der Waals surface area (Å²) in [5, 5.41) is 7.56. The fourth-order valence-electron chi connectivity index (χ4n) is 3.28. The second-order valence-electron chi connectivity index (χ2n) is 6.15. The van der Waals surface area contributed by atoms with Crippen LogP contribution in [0.5, 0.6) is 0 Å². The minimum Gasteiger partial charge on any atom is -0.325 e. The average molecular weight is 379 g/mol. The van der Waals surface area contributed by atoms with Crippen molar-refractivity contribution < 1.29 is 4.79 Å². The summed E-state index contributed by atoms with van der Waals surface area (Å²) in [6.07, 6.45) is 4.20. The Morgan fingerprint density at radius 1 is 1.26 bits per heavy atom. The van der Waals surface area contributed by atoms with E-state index in [-0.39, 0.29) is 18.3 Å². The quantitative estimate of drug-likeness (QED) is 0.842. The molecule has 2 unspecified atom stereocenters. The third kappa shape index (κ3) is 5.23. The van der Waals surface area contributed by atoms with Gasteiger partial charge in [-0.2, -0.15) is 0 Å². The Labute approximate surface area is 153 Å². The molecule has 0 saturated carbocycles. The van der Waals surface area contributed by atoms with Gasteiger partial charge in [0.05, 0.1) is 10.7 Å². The van der Waals surface area contributed by atoms with Gasteiger partial charge in [0, 0.05) is 36.6 Å². The Kier molecular flexibility index (Phi) is 6.99. The fraction of sp³-hybridized carbons (Fsp3) is 0.562. The van der Waals surface area contributed by atoms with Crippen LogP contribution in [0.4, 0.5) is 5.69 Å². The zero-order chi connectivity index (χ0) is 15.5. The first kappa shape index (κ1) is 18.8. The van der Waals surface area contributed by atoms with Crippen LogP contribution < -0.4 is 10.6 Å². The van der Waals surface area contributed by atoms with E-state index in [0.717, 1.165) is 19.6 Å². The molecule has 4 nitrogen and oxygen atoms in total. The van der Waals surface area contributed by atoms with Crippen molar-refractivity contribution >= 4 is 47.2 Å². The maximum absolute atomic E-state index is 12.1. The number of hydrogen-bond acceptors (Lipinski definition) is 3. The van der Waals surface area contributed by atoms with Gasteiger partial charge in [0.1, 0.15) is 0 Å². The topological polar surface area (TPSA) is 44.4 Å². The first-order valence-corrected chi connectivity index (χ1v) is 8.59. The Hall–Kier alpha value is -0.520. The van der Waals surface area contributed by atoms with E-state index in [9.17, 15) is 4.79 Å². The smallest absolute Gasteiger partial charge is 0.225 e. The van der Waals surface area contributed by atoms with Crippen molar-refractivity contribution in [3.63, 3.8) is 0 Å². The lowest BCUT2D eigenvalue weighted by atomic mass is 10.1. The third-order valence-corrected chi connectivity index (χ3v) is 5.03. The van der Waals surface area contributed by atoms with Gasteiger partial charge in [-0.25, -0.2) is 0 Å². The van der Waals surface area contributed by atoms with Crippen LogP contribution in [-0.4, -0.2) is 42.5 Å². The van der Waals surface area contributed by atoms with E-state index in [1.807, 2.05) is 0 Å². The van der Waals surface area contributed by atoms with Gasteiger partial charge < -0.3 is 15.5 Å². The summed E-state index contributed by atoms with van der Waals surface area (Å²) in [6, 6.07) is 6.35. The van der Waals surface area contributed by atoms with Crippen molar-refractivity contribution in [2.24, 2.45) is 0 Å². The van der Waals surface area contributed by atoms with Gasteiger partial charge >= 0.3 is 0 Å². The van der Waals surface area contributed by atoms with Crippen LogP contribution >= 0.6 is 35.6 Å². The highest BCUT2D eigenvalue weighted by Crippen LogP contribution is 2.25. The van der Waals surface area contributed by atoms with Gasteiger partial charge in [0.15, 0.2) is 0 Å². The Morgan fingerprint density at radius 2 is 2.04 bits per heavy atom. The Bertz CT molecular complexity index is 555. The molecular formula is C16H22Cl3N3O. The van der Waals surface area contributed by atoms with Gasteiger partial charge in [0.25, 0.3) is 0 Å². The van der Waals surface area contributed by atoms with E-state index < -0.39 is 0 Å². The third-order valence-electron chi connectivity index (χ3n) is 4.46. The van der Waals surface area contributed by atoms with Gasteiger partial charge in [-0.3, -0.25) is 4.79 Å². The number of halogens is 3. The van der Waals surface area contributed by atoms with Crippen molar-refractivity contribution in [3.8, 4) is 0 Å². The predicted molar refractivity (Wildman–Crippen MR) is 98.0 cm³/mol. The largest absolute Gasteiger partial charge is 0.325 e. The number of amides is 1. The van der Waals surface area contributed by atoms with Crippen LogP contribution in [0.2, 0.25) is 10.0 Å². The standard InChI is InChI=1S/C16H21Cl2N3O.ClH/c17-11-1-4-14(18)15(9-11)20-16(22)6-8-21-7-5-12-2-3-13(10-21)19-12;/h1,4,9,12-13,19H,2-3,5-8,10H2,(H,20,22);1H. The van der Waals surface area contributed by atoms with E-state index in [1.165, 1.54) is 19.3 Å². The van der Waals surface area contributed by atoms with Crippen LogP contribution in [0.15, 0.2) is 18.2 Å². The van der Waals surface area contributed by atoms with Crippen molar-refractivity contribution in [1.82, 2.24) is 10.2 Å². The van der Waals surface area contributed by atoms with Crippen LogP contribution in [0.25, 0.3) is 0 Å². The van der Waals surface area contributed by atoms with Gasteiger partial charge in [-0.05, 0) is 44.0 Å². The summed E-state index contributed by atoms with van der Waals surface area (Å²) in [5.74, 6) is -0.0217. The molecule has 3 rings (SSSR count). The molecule has 1 amide bonds. The molecule has 2 saturated heterocycles. The minimum absolute atomic E-state index is 0. The summed E-state index contributed by atoms with van der Waals surface area (Å²) >= 11 is 12.0. The molecule has 2 aliphatic heterocycles. The lowest BCUT2D eigenvalue weighted by Gasteiger charge is -2.23. The molecule has 2 bridgehead atoms. The summed E-state index contributed by atoms with van der Waals surface area (Å²) in [6.45, 7) is 2.90. The lowest BCUT2D eigenvalue weighted by Crippen LogP contribution is -2.36. The maximum atomic E-state index is 12.1. The van der Waals surface area contributed by atoms with Crippen molar-refractivity contribution in [1.29, 1.82) is 0 Å². The number of benzene rings is 1. The number of hydrogen-bond donors (Lipinski definition) is 2. The molecule has 1 aromatic carbocycles. The number of nitrogens with one attached hydrogen (secondary N) is 2. The van der Waals surface area contributed by atoms with Crippen molar-refractivity contribution in [2.45, 2.75) is 37.8 Å². The van der Waals surface area contributed by atoms with Crippen molar-refractivity contribution in [3.05, 3.63) is 28.2 Å². The lowest BCUT2D eigenvalue weighted by molar-refractivity contribution is -0.116. The number of nitrogens with zero attached hydrogens (tertiary/aromatic N) is 1. The van der Waals surface area contributed by atoms with E-state index in [0.29, 0.717) is 34.2 Å². The van der Waals surface area contributed by atoms with Crippen LogP contribution in [0.1, 0.15) is 25.7 Å². The van der Waals surface area contributed by atoms with E-state index in [4.69, 9.17) is 23.2 Å². The summed E-state index contributed by atoms with van der Waals surface area (Å²) < 4.78 is 0. The van der Waals surface area contributed by atoms with Crippen LogP contribution in [0.3, 0.4) is 0 Å². The number of rotatable bonds is 4. The molecule has 0 aliphatic carbocycles. The maximum Gasteiger partial charge on any atom is 0.225 e. The van der Waals surface area contributed by atoms with E-state index in [1.54, 1.807) is 18.2 Å². The number of carbonyl (C=O) groups is 1.